The van der Waals surface area contributed by atoms with E-state index in [0.717, 1.165) is 13.2 Å². The summed E-state index contributed by atoms with van der Waals surface area (Å²) in [5.74, 6) is -0.288. The zero-order valence-electron chi connectivity index (χ0n) is 8.52. The third-order valence-corrected chi connectivity index (χ3v) is 2.81. The minimum absolute atomic E-state index is 0.288. The first-order chi connectivity index (χ1) is 7.81. The van der Waals surface area contributed by atoms with Crippen molar-refractivity contribution in [1.29, 1.82) is 5.26 Å². The van der Waals surface area contributed by atoms with Crippen molar-refractivity contribution in [3.63, 3.8) is 0 Å². The van der Waals surface area contributed by atoms with Gasteiger partial charge in [-0.05, 0) is 0 Å². The van der Waals surface area contributed by atoms with Gasteiger partial charge >= 0.3 is 0 Å². The van der Waals surface area contributed by atoms with Crippen LogP contribution in [-0.2, 0) is 10.0 Å². The molecule has 0 bridgehead atoms. The number of sulfonamides is 1. The number of hydrogen-bond donors (Lipinski definition) is 1. The highest BCUT2D eigenvalue weighted by Crippen LogP contribution is 2.30. The third kappa shape index (κ3) is 2.66. The second-order valence-electron chi connectivity index (χ2n) is 2.89. The lowest BCUT2D eigenvalue weighted by molar-refractivity contribution is 0.147. The van der Waals surface area contributed by atoms with Crippen LogP contribution >= 0.6 is 0 Å². The molecule has 0 saturated heterocycles. The summed E-state index contributed by atoms with van der Waals surface area (Å²) in [6, 6.07) is 2.12. The Morgan fingerprint density at radius 3 is 2.53 bits per heavy atom. The van der Waals surface area contributed by atoms with E-state index in [1.54, 1.807) is 0 Å². The van der Waals surface area contributed by atoms with Crippen LogP contribution in [-0.4, -0.2) is 20.5 Å². The molecule has 0 spiro atoms. The maximum Gasteiger partial charge on any atom is 0.265 e. The molecule has 0 aromatic carbocycles. The number of nitriles is 1. The van der Waals surface area contributed by atoms with Crippen molar-refractivity contribution in [2.24, 2.45) is 5.14 Å². The van der Waals surface area contributed by atoms with Crippen molar-refractivity contribution in [2.45, 2.75) is 11.3 Å². The van der Waals surface area contributed by atoms with Crippen LogP contribution in [0, 0.1) is 11.3 Å². The summed E-state index contributed by atoms with van der Waals surface area (Å²) in [6.07, 6.45) is -3.12. The SMILES string of the molecule is COc1cc(C(F)F)c(S(N)(=O)=O)c(C#N)n1. The number of primary sulfonamides is 1. The van der Waals surface area contributed by atoms with E-state index in [4.69, 9.17) is 10.4 Å². The molecule has 0 aliphatic carbocycles. The molecule has 6 nitrogen and oxygen atoms in total. The average Bonchev–Trinajstić information content (AvgIpc) is 2.25. The van der Waals surface area contributed by atoms with Gasteiger partial charge in [0.1, 0.15) is 11.0 Å². The molecule has 17 heavy (non-hydrogen) atoms. The zero-order chi connectivity index (χ0) is 13.2. The zero-order valence-corrected chi connectivity index (χ0v) is 9.33. The molecule has 1 aromatic rings. The van der Waals surface area contributed by atoms with Gasteiger partial charge in [-0.3, -0.25) is 0 Å². The summed E-state index contributed by atoms with van der Waals surface area (Å²) in [7, 11) is -3.32. The highest BCUT2D eigenvalue weighted by atomic mass is 32.2. The number of halogens is 2. The molecule has 9 heteroatoms. The molecule has 1 aromatic heterocycles. The van der Waals surface area contributed by atoms with Gasteiger partial charge in [-0.1, -0.05) is 0 Å². The molecule has 0 aliphatic heterocycles. The Labute approximate surface area is 95.7 Å². The summed E-state index contributed by atoms with van der Waals surface area (Å²) in [6.45, 7) is 0. The molecular weight excluding hydrogens is 256 g/mol. The van der Waals surface area contributed by atoms with Gasteiger partial charge in [0.25, 0.3) is 6.43 Å². The minimum Gasteiger partial charge on any atom is -0.481 e. The van der Waals surface area contributed by atoms with Crippen LogP contribution in [0.1, 0.15) is 17.7 Å². The maximum atomic E-state index is 12.7. The first-order valence-electron chi connectivity index (χ1n) is 4.11. The number of alkyl halides is 2. The molecular formula is C8H7F2N3O3S. The number of ether oxygens (including phenoxy) is 1. The molecule has 0 radical (unpaired) electrons. The quantitative estimate of drug-likeness (QED) is 0.856. The van der Waals surface area contributed by atoms with Gasteiger partial charge in [-0.25, -0.2) is 27.3 Å². The normalized spacial score (nSPS) is 11.3. The number of hydrogen-bond acceptors (Lipinski definition) is 5. The third-order valence-electron chi connectivity index (χ3n) is 1.81. The molecule has 0 amide bonds. The van der Waals surface area contributed by atoms with E-state index in [9.17, 15) is 17.2 Å². The second-order valence-corrected chi connectivity index (χ2v) is 4.39. The first-order valence-corrected chi connectivity index (χ1v) is 5.66. The van der Waals surface area contributed by atoms with E-state index in [1.807, 2.05) is 0 Å². The lowest BCUT2D eigenvalue weighted by Gasteiger charge is -2.09. The van der Waals surface area contributed by atoms with Crippen LogP contribution < -0.4 is 9.88 Å². The molecule has 0 fully saturated rings. The minimum atomic E-state index is -4.47. The van der Waals surface area contributed by atoms with E-state index in [1.165, 1.54) is 6.07 Å². The smallest absolute Gasteiger partial charge is 0.265 e. The predicted octanol–water partition coefficient (Wildman–Crippen LogP) is 0.547. The molecule has 0 saturated carbocycles. The van der Waals surface area contributed by atoms with E-state index in [0.29, 0.717) is 0 Å². The molecule has 92 valence electrons. The maximum absolute atomic E-state index is 12.7. The average molecular weight is 263 g/mol. The van der Waals surface area contributed by atoms with E-state index < -0.39 is 32.6 Å². The Hall–Kier alpha value is -1.79. The van der Waals surface area contributed by atoms with Gasteiger partial charge in [0.15, 0.2) is 5.69 Å². The van der Waals surface area contributed by atoms with Gasteiger partial charge in [0.05, 0.1) is 7.11 Å². The molecule has 1 rings (SSSR count). The number of pyridine rings is 1. The van der Waals surface area contributed by atoms with Gasteiger partial charge in [0, 0.05) is 11.6 Å². The van der Waals surface area contributed by atoms with E-state index >= 15 is 0 Å². The van der Waals surface area contributed by atoms with Gasteiger partial charge in [0.2, 0.25) is 15.9 Å². The van der Waals surface area contributed by atoms with Crippen molar-refractivity contribution < 1.29 is 21.9 Å². The lowest BCUT2D eigenvalue weighted by atomic mass is 10.2. The van der Waals surface area contributed by atoms with Crippen LogP contribution in [0.4, 0.5) is 8.78 Å². The Morgan fingerprint density at radius 1 is 1.59 bits per heavy atom. The van der Waals surface area contributed by atoms with E-state index in [-0.39, 0.29) is 5.88 Å². The Balaban J connectivity index is 3.73. The Morgan fingerprint density at radius 2 is 2.18 bits per heavy atom. The fourth-order valence-corrected chi connectivity index (χ4v) is 2.01. The first kappa shape index (κ1) is 13.3. The fraction of sp³-hybridized carbons (Fsp3) is 0.250. The van der Waals surface area contributed by atoms with Crippen LogP contribution in [0.3, 0.4) is 0 Å². The van der Waals surface area contributed by atoms with E-state index in [2.05, 4.69) is 9.72 Å². The number of rotatable bonds is 3. The summed E-state index contributed by atoms with van der Waals surface area (Å²) in [4.78, 5) is 2.47. The van der Waals surface area contributed by atoms with Crippen molar-refractivity contribution in [3.05, 3.63) is 17.3 Å². The Kier molecular flexibility index (Phi) is 3.59. The largest absolute Gasteiger partial charge is 0.481 e. The number of methoxy groups -OCH3 is 1. The summed E-state index contributed by atoms with van der Waals surface area (Å²) in [5.41, 5.74) is -1.63. The monoisotopic (exact) mass is 263 g/mol. The summed E-state index contributed by atoms with van der Waals surface area (Å²) >= 11 is 0. The van der Waals surface area contributed by atoms with Gasteiger partial charge < -0.3 is 4.74 Å². The van der Waals surface area contributed by atoms with Crippen LogP contribution in [0.15, 0.2) is 11.0 Å². The van der Waals surface area contributed by atoms with Crippen molar-refractivity contribution in [2.75, 3.05) is 7.11 Å². The van der Waals surface area contributed by atoms with Crippen LogP contribution in [0.25, 0.3) is 0 Å². The molecule has 1 heterocycles. The van der Waals surface area contributed by atoms with Gasteiger partial charge in [-0.15, -0.1) is 0 Å². The molecule has 0 unspecified atom stereocenters. The van der Waals surface area contributed by atoms with Crippen LogP contribution in [0.5, 0.6) is 5.88 Å². The number of nitrogens with two attached hydrogens (primary N) is 1. The fourth-order valence-electron chi connectivity index (χ4n) is 1.17. The van der Waals surface area contributed by atoms with Crippen molar-refractivity contribution in [1.82, 2.24) is 4.98 Å². The number of nitrogens with zero attached hydrogens (tertiary/aromatic N) is 2. The molecule has 0 atom stereocenters. The summed E-state index contributed by atoms with van der Waals surface area (Å²) in [5, 5.41) is 13.4. The van der Waals surface area contributed by atoms with Crippen molar-refractivity contribution >= 4 is 10.0 Å². The highest BCUT2D eigenvalue weighted by molar-refractivity contribution is 7.89. The lowest BCUT2D eigenvalue weighted by Crippen LogP contribution is -2.18. The highest BCUT2D eigenvalue weighted by Gasteiger charge is 2.27. The topological polar surface area (TPSA) is 106 Å². The molecule has 0 aliphatic rings. The summed E-state index contributed by atoms with van der Waals surface area (Å²) < 4.78 is 52.2. The Bertz CT molecular complexity index is 580. The standard InChI is InChI=1S/C8H7F2N3O3S/c1-16-6-2-4(8(9)10)7(17(12,14)15)5(3-11)13-6/h2,8H,1H3,(H2,12,14,15). The van der Waals surface area contributed by atoms with Gasteiger partial charge in [-0.2, -0.15) is 5.26 Å². The van der Waals surface area contributed by atoms with Crippen molar-refractivity contribution in [3.8, 4) is 11.9 Å². The van der Waals surface area contributed by atoms with Crippen LogP contribution in [0.2, 0.25) is 0 Å². The molecule has 2 N–H and O–H groups in total. The second kappa shape index (κ2) is 4.60. The predicted molar refractivity (Wildman–Crippen MR) is 51.8 cm³/mol. The number of aromatic nitrogens is 1.